The van der Waals surface area contributed by atoms with Gasteiger partial charge in [0.25, 0.3) is 5.91 Å². The van der Waals surface area contributed by atoms with Crippen molar-refractivity contribution in [3.8, 4) is 16.9 Å². The monoisotopic (exact) mass is 464 g/mol. The van der Waals surface area contributed by atoms with Crippen LogP contribution in [0.5, 0.6) is 5.75 Å². The maximum absolute atomic E-state index is 13.8. The van der Waals surface area contributed by atoms with Gasteiger partial charge in [-0.2, -0.15) is 0 Å². The van der Waals surface area contributed by atoms with E-state index in [1.54, 1.807) is 18.2 Å². The van der Waals surface area contributed by atoms with Crippen LogP contribution >= 0.6 is 0 Å². The molecular formula is C27H26F2N2O3. The number of aliphatic hydroxyl groups is 1. The lowest BCUT2D eigenvalue weighted by molar-refractivity contribution is 0.0912. The summed E-state index contributed by atoms with van der Waals surface area (Å²) in [4.78, 5) is 16.4. The molecule has 4 aromatic rings. The summed E-state index contributed by atoms with van der Waals surface area (Å²) in [5.74, 6) is -1.94. The molecule has 34 heavy (non-hydrogen) atoms. The largest absolute Gasteiger partial charge is 0.493 e. The number of benzene rings is 3. The number of aromatic nitrogens is 1. The topological polar surface area (TPSA) is 74.3 Å². The first-order valence-electron chi connectivity index (χ1n) is 11.2. The first-order chi connectivity index (χ1) is 16.5. The highest BCUT2D eigenvalue weighted by atomic mass is 19.2. The smallest absolute Gasteiger partial charge is 0.255 e. The summed E-state index contributed by atoms with van der Waals surface area (Å²) in [6.45, 7) is 2.13. The van der Waals surface area contributed by atoms with Crippen molar-refractivity contribution in [2.75, 3.05) is 13.2 Å². The second-order valence-corrected chi connectivity index (χ2v) is 8.10. The Morgan fingerprint density at radius 2 is 1.82 bits per heavy atom. The minimum atomic E-state index is -0.964. The van der Waals surface area contributed by atoms with Crippen LogP contribution < -0.4 is 10.1 Å². The highest BCUT2D eigenvalue weighted by molar-refractivity contribution is 5.98. The predicted octanol–water partition coefficient (Wildman–Crippen LogP) is 5.24. The maximum Gasteiger partial charge on any atom is 0.255 e. The Morgan fingerprint density at radius 3 is 2.59 bits per heavy atom. The number of carbonyl (C=O) groups is 1. The van der Waals surface area contributed by atoms with Crippen LogP contribution in [0.1, 0.15) is 29.3 Å². The van der Waals surface area contributed by atoms with E-state index in [9.17, 15) is 18.7 Å². The number of nitrogens with one attached hydrogen (secondary N) is 2. The van der Waals surface area contributed by atoms with Crippen molar-refractivity contribution < 1.29 is 23.4 Å². The molecule has 4 rings (SSSR count). The third kappa shape index (κ3) is 5.10. The highest BCUT2D eigenvalue weighted by Crippen LogP contribution is 2.28. The van der Waals surface area contributed by atoms with E-state index in [1.807, 2.05) is 37.4 Å². The minimum absolute atomic E-state index is 0.251. The minimum Gasteiger partial charge on any atom is -0.493 e. The molecule has 0 saturated carbocycles. The molecule has 1 heterocycles. The second kappa shape index (κ2) is 10.5. The van der Waals surface area contributed by atoms with Crippen molar-refractivity contribution in [1.82, 2.24) is 10.3 Å². The number of aromatic amines is 1. The van der Waals surface area contributed by atoms with Gasteiger partial charge in [0.15, 0.2) is 11.6 Å². The van der Waals surface area contributed by atoms with Crippen LogP contribution in [-0.4, -0.2) is 35.3 Å². The summed E-state index contributed by atoms with van der Waals surface area (Å²) < 4.78 is 32.9. The first kappa shape index (κ1) is 23.4. The quantitative estimate of drug-likeness (QED) is 0.317. The summed E-state index contributed by atoms with van der Waals surface area (Å²) in [5, 5.41) is 13.9. The Kier molecular flexibility index (Phi) is 7.23. The van der Waals surface area contributed by atoms with Gasteiger partial charge in [0.1, 0.15) is 5.75 Å². The molecule has 5 nitrogen and oxygen atoms in total. The van der Waals surface area contributed by atoms with Gasteiger partial charge >= 0.3 is 0 Å². The predicted molar refractivity (Wildman–Crippen MR) is 128 cm³/mol. The van der Waals surface area contributed by atoms with E-state index >= 15 is 0 Å². The molecule has 0 bridgehead atoms. The van der Waals surface area contributed by atoms with Crippen LogP contribution in [0.4, 0.5) is 8.78 Å². The molecule has 0 saturated heterocycles. The van der Waals surface area contributed by atoms with E-state index in [2.05, 4.69) is 10.3 Å². The molecule has 7 heteroatoms. The van der Waals surface area contributed by atoms with Crippen LogP contribution in [0.15, 0.2) is 66.9 Å². The summed E-state index contributed by atoms with van der Waals surface area (Å²) in [7, 11) is 0. The van der Waals surface area contributed by atoms with Crippen molar-refractivity contribution in [2.24, 2.45) is 0 Å². The Morgan fingerprint density at radius 1 is 1.06 bits per heavy atom. The lowest BCUT2D eigenvalue weighted by Gasteiger charge is -2.18. The van der Waals surface area contributed by atoms with E-state index in [1.165, 1.54) is 6.07 Å². The molecule has 1 atom stereocenters. The molecule has 3 aromatic carbocycles. The molecular weight excluding hydrogens is 438 g/mol. The molecule has 176 valence electrons. The van der Waals surface area contributed by atoms with Crippen molar-refractivity contribution in [1.29, 1.82) is 0 Å². The van der Waals surface area contributed by atoms with Crippen molar-refractivity contribution in [3.05, 3.63) is 89.6 Å². The fourth-order valence-corrected chi connectivity index (χ4v) is 3.89. The highest BCUT2D eigenvalue weighted by Gasteiger charge is 2.20. The van der Waals surface area contributed by atoms with Gasteiger partial charge in [-0.05, 0) is 59.9 Å². The summed E-state index contributed by atoms with van der Waals surface area (Å²) in [5.41, 5.74) is 3.20. The molecule has 0 spiro atoms. The van der Waals surface area contributed by atoms with E-state index in [-0.39, 0.29) is 12.2 Å². The zero-order valence-corrected chi connectivity index (χ0v) is 18.8. The Balaban J connectivity index is 1.60. The van der Waals surface area contributed by atoms with E-state index in [0.717, 1.165) is 35.0 Å². The molecule has 3 N–H and O–H groups in total. The van der Waals surface area contributed by atoms with E-state index in [0.29, 0.717) is 29.9 Å². The first-order valence-corrected chi connectivity index (χ1v) is 11.2. The number of fused-ring (bicyclic) bond motifs is 1. The SMILES string of the molecule is CCCOc1ccc(-c2ccc(F)c(F)c2)cc1C(=O)N[C@@H](CO)Cc1c[nH]c2ccccc12. The zero-order chi connectivity index (χ0) is 24.1. The number of aliphatic hydroxyl groups excluding tert-OH is 1. The number of hydrogen-bond acceptors (Lipinski definition) is 3. The average molecular weight is 465 g/mol. The van der Waals surface area contributed by atoms with E-state index in [4.69, 9.17) is 4.74 Å². The van der Waals surface area contributed by atoms with Gasteiger partial charge in [-0.15, -0.1) is 0 Å². The summed E-state index contributed by atoms with van der Waals surface area (Å²) in [6.07, 6.45) is 3.06. The molecule has 1 aromatic heterocycles. The summed E-state index contributed by atoms with van der Waals surface area (Å²) >= 11 is 0. The van der Waals surface area contributed by atoms with E-state index < -0.39 is 23.6 Å². The second-order valence-electron chi connectivity index (χ2n) is 8.10. The Bertz CT molecular complexity index is 1300. The van der Waals surface area contributed by atoms with Gasteiger partial charge in [0, 0.05) is 17.1 Å². The van der Waals surface area contributed by atoms with Crippen LogP contribution in [0.3, 0.4) is 0 Å². The molecule has 0 fully saturated rings. The number of rotatable bonds is 9. The molecule has 0 unspecified atom stereocenters. The van der Waals surface area contributed by atoms with Gasteiger partial charge in [-0.25, -0.2) is 8.78 Å². The lowest BCUT2D eigenvalue weighted by Crippen LogP contribution is -2.39. The third-order valence-electron chi connectivity index (χ3n) is 5.64. The van der Waals surface area contributed by atoms with Gasteiger partial charge in [-0.1, -0.05) is 37.3 Å². The Hall–Kier alpha value is -3.71. The fourth-order valence-electron chi connectivity index (χ4n) is 3.89. The lowest BCUT2D eigenvalue weighted by atomic mass is 10.0. The molecule has 0 aliphatic heterocycles. The van der Waals surface area contributed by atoms with Crippen LogP contribution in [0.25, 0.3) is 22.0 Å². The van der Waals surface area contributed by atoms with Crippen molar-refractivity contribution >= 4 is 16.8 Å². The third-order valence-corrected chi connectivity index (χ3v) is 5.64. The number of amides is 1. The van der Waals surface area contributed by atoms with Gasteiger partial charge in [-0.3, -0.25) is 4.79 Å². The molecule has 0 radical (unpaired) electrons. The maximum atomic E-state index is 13.8. The number of para-hydroxylation sites is 1. The van der Waals surface area contributed by atoms with Gasteiger partial charge < -0.3 is 20.1 Å². The van der Waals surface area contributed by atoms with Crippen LogP contribution in [-0.2, 0) is 6.42 Å². The molecule has 0 aliphatic carbocycles. The summed E-state index contributed by atoms with van der Waals surface area (Å²) in [6, 6.07) is 15.8. The molecule has 0 aliphatic rings. The standard InChI is InChI=1S/C27H26F2N2O3/c1-2-11-34-26-10-8-17(18-7-9-23(28)24(29)14-18)13-22(26)27(33)31-20(16-32)12-19-15-30-25-6-4-3-5-21(19)25/h3-10,13-15,20,30,32H,2,11-12,16H2,1H3,(H,31,33)/t20-/m1/s1. The normalized spacial score (nSPS) is 12.0. The van der Waals surface area contributed by atoms with Gasteiger partial charge in [0.2, 0.25) is 0 Å². The number of hydrogen-bond donors (Lipinski definition) is 3. The number of H-pyrrole nitrogens is 1. The number of ether oxygens (including phenoxy) is 1. The van der Waals surface area contributed by atoms with Crippen LogP contribution in [0.2, 0.25) is 0 Å². The average Bonchev–Trinajstić information content (AvgIpc) is 3.26. The van der Waals surface area contributed by atoms with Crippen molar-refractivity contribution in [3.63, 3.8) is 0 Å². The number of carbonyl (C=O) groups excluding carboxylic acids is 1. The zero-order valence-electron chi connectivity index (χ0n) is 18.8. The molecule has 1 amide bonds. The van der Waals surface area contributed by atoms with Gasteiger partial charge in [0.05, 0.1) is 24.8 Å². The van der Waals surface area contributed by atoms with Crippen LogP contribution in [0, 0.1) is 11.6 Å². The fraction of sp³-hybridized carbons (Fsp3) is 0.222. The van der Waals surface area contributed by atoms with Crippen molar-refractivity contribution in [2.45, 2.75) is 25.8 Å². The Labute approximate surface area is 196 Å². The number of halogens is 2.